The molecule has 0 radical (unpaired) electrons. The highest BCUT2D eigenvalue weighted by molar-refractivity contribution is 5.88. The zero-order valence-corrected chi connectivity index (χ0v) is 10.8. The van der Waals surface area contributed by atoms with Crippen LogP contribution in [0, 0.1) is 0 Å². The van der Waals surface area contributed by atoms with Gasteiger partial charge in [-0.3, -0.25) is 4.79 Å². The molecule has 0 heterocycles. The van der Waals surface area contributed by atoms with Gasteiger partial charge < -0.3 is 19.3 Å². The molecule has 0 aliphatic heterocycles. The van der Waals surface area contributed by atoms with Crippen molar-refractivity contribution in [3.63, 3.8) is 0 Å². The Kier molecular flexibility index (Phi) is 5.66. The number of hydrogen-bond donors (Lipinski definition) is 1. The van der Waals surface area contributed by atoms with Crippen LogP contribution < -0.4 is 9.47 Å². The van der Waals surface area contributed by atoms with Crippen LogP contribution in [0.5, 0.6) is 11.5 Å². The summed E-state index contributed by atoms with van der Waals surface area (Å²) in [4.78, 5) is 21.8. The molecule has 0 spiro atoms. The Bertz CT molecular complexity index is 454. The predicted octanol–water partition coefficient (Wildman–Crippen LogP) is 1.73. The molecule has 1 aromatic carbocycles. The fraction of sp³-hybridized carbons (Fsp3) is 0.385. The summed E-state index contributed by atoms with van der Waals surface area (Å²) in [7, 11) is 2.79. The molecule has 19 heavy (non-hydrogen) atoms. The maximum Gasteiger partial charge on any atom is 0.335 e. The number of carbonyl (C=O) groups excluding carboxylic acids is 1. The van der Waals surface area contributed by atoms with Crippen LogP contribution in [0.3, 0.4) is 0 Å². The van der Waals surface area contributed by atoms with E-state index in [-0.39, 0.29) is 24.6 Å². The summed E-state index contributed by atoms with van der Waals surface area (Å²) in [6.07, 6.45) is 0.727. The molecule has 0 fully saturated rings. The normalized spacial score (nSPS) is 9.79. The van der Waals surface area contributed by atoms with Crippen molar-refractivity contribution in [2.24, 2.45) is 0 Å². The van der Waals surface area contributed by atoms with Crippen LogP contribution in [-0.2, 0) is 9.53 Å². The molecular formula is C13H16O6. The molecule has 6 nitrogen and oxygen atoms in total. The van der Waals surface area contributed by atoms with E-state index in [1.807, 2.05) is 0 Å². The molecule has 1 N–H and O–H groups in total. The maximum absolute atomic E-state index is 10.9. The maximum atomic E-state index is 10.9. The van der Waals surface area contributed by atoms with Gasteiger partial charge in [0.05, 0.1) is 26.4 Å². The van der Waals surface area contributed by atoms with Crippen LogP contribution in [0.4, 0.5) is 0 Å². The summed E-state index contributed by atoms with van der Waals surface area (Å²) in [5.41, 5.74) is 0.115. The van der Waals surface area contributed by atoms with Crippen LogP contribution in [0.1, 0.15) is 23.2 Å². The van der Waals surface area contributed by atoms with Crippen LogP contribution in [-0.4, -0.2) is 37.9 Å². The lowest BCUT2D eigenvalue weighted by Crippen LogP contribution is -2.06. The van der Waals surface area contributed by atoms with Gasteiger partial charge in [0.25, 0.3) is 0 Å². The minimum Gasteiger partial charge on any atom is -0.493 e. The van der Waals surface area contributed by atoms with E-state index in [0.29, 0.717) is 17.9 Å². The molecule has 0 bridgehead atoms. The lowest BCUT2D eigenvalue weighted by molar-refractivity contribution is -0.140. The number of carboxylic acids is 1. The molecule has 0 unspecified atom stereocenters. The topological polar surface area (TPSA) is 82.1 Å². The fourth-order valence-electron chi connectivity index (χ4n) is 1.42. The number of hydrogen-bond acceptors (Lipinski definition) is 5. The van der Waals surface area contributed by atoms with Gasteiger partial charge in [0, 0.05) is 6.42 Å². The molecule has 1 aromatic rings. The number of methoxy groups -OCH3 is 2. The highest BCUT2D eigenvalue weighted by atomic mass is 16.5. The second-order valence-electron chi connectivity index (χ2n) is 3.70. The lowest BCUT2D eigenvalue weighted by Gasteiger charge is -2.11. The number of benzene rings is 1. The van der Waals surface area contributed by atoms with Gasteiger partial charge in [-0.05, 0) is 24.6 Å². The molecule has 0 aliphatic rings. The van der Waals surface area contributed by atoms with E-state index in [4.69, 9.17) is 14.6 Å². The van der Waals surface area contributed by atoms with Crippen molar-refractivity contribution in [3.8, 4) is 11.5 Å². The van der Waals surface area contributed by atoms with E-state index in [1.165, 1.54) is 32.4 Å². The Hall–Kier alpha value is -2.24. The van der Waals surface area contributed by atoms with Gasteiger partial charge in [-0.25, -0.2) is 4.79 Å². The van der Waals surface area contributed by atoms with E-state index in [9.17, 15) is 9.59 Å². The number of ether oxygens (including phenoxy) is 3. The highest BCUT2D eigenvalue weighted by Gasteiger charge is 2.10. The Labute approximate surface area is 110 Å². The summed E-state index contributed by atoms with van der Waals surface area (Å²) < 4.78 is 15.0. The average Bonchev–Trinajstić information content (AvgIpc) is 2.42. The lowest BCUT2D eigenvalue weighted by atomic mass is 10.2. The van der Waals surface area contributed by atoms with Crippen molar-refractivity contribution in [2.75, 3.05) is 20.8 Å². The first-order chi connectivity index (χ1) is 9.08. The third kappa shape index (κ3) is 4.50. The average molecular weight is 268 g/mol. The Balaban J connectivity index is 2.62. The van der Waals surface area contributed by atoms with Crippen molar-refractivity contribution >= 4 is 11.9 Å². The predicted molar refractivity (Wildman–Crippen MR) is 66.7 cm³/mol. The van der Waals surface area contributed by atoms with E-state index in [2.05, 4.69) is 4.74 Å². The van der Waals surface area contributed by atoms with Crippen LogP contribution in [0.15, 0.2) is 18.2 Å². The minimum absolute atomic E-state index is 0.115. The Morgan fingerprint density at radius 3 is 2.53 bits per heavy atom. The Morgan fingerprint density at radius 1 is 1.21 bits per heavy atom. The molecule has 0 saturated heterocycles. The fourth-order valence-corrected chi connectivity index (χ4v) is 1.42. The summed E-state index contributed by atoms with van der Waals surface area (Å²) in [5.74, 6) is -0.563. The zero-order valence-electron chi connectivity index (χ0n) is 10.8. The van der Waals surface area contributed by atoms with Gasteiger partial charge in [0.2, 0.25) is 0 Å². The van der Waals surface area contributed by atoms with Gasteiger partial charge >= 0.3 is 11.9 Å². The smallest absolute Gasteiger partial charge is 0.335 e. The molecule has 0 saturated carbocycles. The summed E-state index contributed by atoms with van der Waals surface area (Å²) in [5, 5.41) is 8.89. The minimum atomic E-state index is -1.04. The number of rotatable bonds is 7. The summed E-state index contributed by atoms with van der Waals surface area (Å²) in [6, 6.07) is 4.35. The first kappa shape index (κ1) is 14.8. The van der Waals surface area contributed by atoms with E-state index >= 15 is 0 Å². The summed E-state index contributed by atoms with van der Waals surface area (Å²) >= 11 is 0. The number of carboxylic acid groups (broad SMARTS) is 1. The molecule has 1 rings (SSSR count). The molecule has 0 amide bonds. The first-order valence-corrected chi connectivity index (χ1v) is 5.69. The Morgan fingerprint density at radius 2 is 1.95 bits per heavy atom. The number of carbonyl (C=O) groups is 2. The van der Waals surface area contributed by atoms with Crippen LogP contribution in [0.25, 0.3) is 0 Å². The van der Waals surface area contributed by atoms with Gasteiger partial charge in [-0.15, -0.1) is 0 Å². The molecule has 0 atom stereocenters. The van der Waals surface area contributed by atoms with Crippen molar-refractivity contribution in [3.05, 3.63) is 23.8 Å². The van der Waals surface area contributed by atoms with Gasteiger partial charge in [-0.1, -0.05) is 0 Å². The van der Waals surface area contributed by atoms with Crippen molar-refractivity contribution < 1.29 is 28.9 Å². The molecule has 0 aliphatic carbocycles. The quantitative estimate of drug-likeness (QED) is 0.599. The molecular weight excluding hydrogens is 252 g/mol. The summed E-state index contributed by atoms with van der Waals surface area (Å²) in [6.45, 7) is 0.272. The van der Waals surface area contributed by atoms with Gasteiger partial charge in [-0.2, -0.15) is 0 Å². The zero-order chi connectivity index (χ0) is 14.3. The van der Waals surface area contributed by atoms with Gasteiger partial charge in [0.15, 0.2) is 11.5 Å². The SMILES string of the molecule is COC(=O)CCCOc1cc(C(=O)O)ccc1OC. The van der Waals surface area contributed by atoms with Crippen molar-refractivity contribution in [2.45, 2.75) is 12.8 Å². The second-order valence-corrected chi connectivity index (χ2v) is 3.70. The standard InChI is InChI=1S/C13H16O6/c1-17-10-6-5-9(13(15)16)8-11(10)19-7-3-4-12(14)18-2/h5-6,8H,3-4,7H2,1-2H3,(H,15,16). The third-order valence-corrected chi connectivity index (χ3v) is 2.42. The molecule has 0 aromatic heterocycles. The molecule has 6 heteroatoms. The highest BCUT2D eigenvalue weighted by Crippen LogP contribution is 2.28. The van der Waals surface area contributed by atoms with Crippen molar-refractivity contribution in [1.82, 2.24) is 0 Å². The largest absolute Gasteiger partial charge is 0.493 e. The number of aromatic carboxylic acids is 1. The van der Waals surface area contributed by atoms with E-state index < -0.39 is 5.97 Å². The van der Waals surface area contributed by atoms with Crippen LogP contribution in [0.2, 0.25) is 0 Å². The van der Waals surface area contributed by atoms with Gasteiger partial charge in [0.1, 0.15) is 0 Å². The van der Waals surface area contributed by atoms with E-state index in [0.717, 1.165) is 0 Å². The first-order valence-electron chi connectivity index (χ1n) is 5.69. The monoisotopic (exact) mass is 268 g/mol. The van der Waals surface area contributed by atoms with Crippen LogP contribution >= 0.6 is 0 Å². The number of esters is 1. The van der Waals surface area contributed by atoms with E-state index in [1.54, 1.807) is 0 Å². The third-order valence-electron chi connectivity index (χ3n) is 2.42. The second kappa shape index (κ2) is 7.25. The molecule has 104 valence electrons. The van der Waals surface area contributed by atoms with Crippen molar-refractivity contribution in [1.29, 1.82) is 0 Å².